The predicted octanol–water partition coefficient (Wildman–Crippen LogP) is 3.25. The zero-order chi connectivity index (χ0) is 13.1. The van der Waals surface area contributed by atoms with Gasteiger partial charge >= 0.3 is 0 Å². The minimum Gasteiger partial charge on any atom is -0.245 e. The van der Waals surface area contributed by atoms with Crippen molar-refractivity contribution < 1.29 is 0 Å². The number of hydrogen-bond acceptors (Lipinski definition) is 4. The summed E-state index contributed by atoms with van der Waals surface area (Å²) in [6, 6.07) is 13.3. The van der Waals surface area contributed by atoms with E-state index in [0.717, 1.165) is 11.3 Å². The molecule has 0 bridgehead atoms. The van der Waals surface area contributed by atoms with E-state index in [0.29, 0.717) is 16.7 Å². The van der Waals surface area contributed by atoms with Crippen LogP contribution in [-0.2, 0) is 0 Å². The molecule has 2 heterocycles. The lowest BCUT2D eigenvalue weighted by Gasteiger charge is -2.04. The predicted molar refractivity (Wildman–Crippen MR) is 73.5 cm³/mol. The van der Waals surface area contributed by atoms with Crippen molar-refractivity contribution >= 4 is 11.6 Å². The van der Waals surface area contributed by atoms with Crippen molar-refractivity contribution in [2.75, 3.05) is 0 Å². The Kier molecular flexibility index (Phi) is 3.16. The van der Waals surface area contributed by atoms with Gasteiger partial charge in [0, 0.05) is 17.8 Å². The SMILES string of the molecule is Clc1cc(-c2ccccc2)nc(-c2ccncn2)n1. The van der Waals surface area contributed by atoms with Gasteiger partial charge in [0.2, 0.25) is 0 Å². The van der Waals surface area contributed by atoms with Gasteiger partial charge in [-0.25, -0.2) is 19.9 Å². The minimum atomic E-state index is 0.391. The summed E-state index contributed by atoms with van der Waals surface area (Å²) in [5.74, 6) is 0.494. The first kappa shape index (κ1) is 11.7. The molecule has 0 fully saturated rings. The molecule has 0 N–H and O–H groups in total. The highest BCUT2D eigenvalue weighted by Gasteiger charge is 2.08. The molecule has 1 aromatic carbocycles. The quantitative estimate of drug-likeness (QED) is 0.670. The maximum Gasteiger partial charge on any atom is 0.180 e. The summed E-state index contributed by atoms with van der Waals surface area (Å²) in [5, 5.41) is 0.391. The zero-order valence-corrected chi connectivity index (χ0v) is 10.6. The molecule has 4 nitrogen and oxygen atoms in total. The maximum absolute atomic E-state index is 6.06. The van der Waals surface area contributed by atoms with Crippen LogP contribution in [0.3, 0.4) is 0 Å². The lowest BCUT2D eigenvalue weighted by molar-refractivity contribution is 1.10. The molecular weight excluding hydrogens is 260 g/mol. The Hall–Kier alpha value is -2.33. The smallest absolute Gasteiger partial charge is 0.180 e. The van der Waals surface area contributed by atoms with Crippen molar-refractivity contribution in [2.45, 2.75) is 0 Å². The summed E-state index contributed by atoms with van der Waals surface area (Å²) in [4.78, 5) is 16.7. The van der Waals surface area contributed by atoms with Crippen LogP contribution >= 0.6 is 11.6 Å². The van der Waals surface area contributed by atoms with Crippen LogP contribution in [0.4, 0.5) is 0 Å². The second-order valence-electron chi connectivity index (χ2n) is 3.86. The molecule has 92 valence electrons. The number of halogens is 1. The highest BCUT2D eigenvalue weighted by atomic mass is 35.5. The van der Waals surface area contributed by atoms with Gasteiger partial charge in [-0.3, -0.25) is 0 Å². The average molecular weight is 269 g/mol. The Labute approximate surface area is 115 Å². The number of rotatable bonds is 2. The Bertz CT molecular complexity index is 629. The normalized spacial score (nSPS) is 10.4. The lowest BCUT2D eigenvalue weighted by Crippen LogP contribution is -1.95. The van der Waals surface area contributed by atoms with Gasteiger partial charge < -0.3 is 0 Å². The highest BCUT2D eigenvalue weighted by molar-refractivity contribution is 6.29. The van der Waals surface area contributed by atoms with E-state index < -0.39 is 0 Å². The second-order valence-corrected chi connectivity index (χ2v) is 4.25. The molecular formula is C14H9ClN4. The summed E-state index contributed by atoms with van der Waals surface area (Å²) in [6.07, 6.45) is 3.11. The lowest BCUT2D eigenvalue weighted by atomic mass is 10.1. The molecule has 0 aliphatic carbocycles. The van der Waals surface area contributed by atoms with Crippen LogP contribution in [0.2, 0.25) is 5.15 Å². The third-order valence-electron chi connectivity index (χ3n) is 2.58. The van der Waals surface area contributed by atoms with E-state index in [4.69, 9.17) is 11.6 Å². The number of nitrogens with zero attached hydrogens (tertiary/aromatic N) is 4. The van der Waals surface area contributed by atoms with Crippen molar-refractivity contribution in [1.29, 1.82) is 0 Å². The molecule has 0 radical (unpaired) electrons. The summed E-state index contributed by atoms with van der Waals surface area (Å²) >= 11 is 6.06. The molecule has 19 heavy (non-hydrogen) atoms. The molecule has 5 heteroatoms. The molecule has 0 saturated carbocycles. The highest BCUT2D eigenvalue weighted by Crippen LogP contribution is 2.22. The van der Waals surface area contributed by atoms with E-state index in [-0.39, 0.29) is 0 Å². The molecule has 0 saturated heterocycles. The molecule has 0 amide bonds. The molecule has 0 aliphatic heterocycles. The van der Waals surface area contributed by atoms with Crippen molar-refractivity contribution in [3.8, 4) is 22.8 Å². The van der Waals surface area contributed by atoms with Crippen LogP contribution < -0.4 is 0 Å². The van der Waals surface area contributed by atoms with Gasteiger partial charge in [0.25, 0.3) is 0 Å². The number of benzene rings is 1. The fraction of sp³-hybridized carbons (Fsp3) is 0. The van der Waals surface area contributed by atoms with Crippen molar-refractivity contribution in [3.63, 3.8) is 0 Å². The van der Waals surface area contributed by atoms with E-state index in [1.807, 2.05) is 30.3 Å². The average Bonchev–Trinajstić information content (AvgIpc) is 2.48. The standard InChI is InChI=1S/C14H9ClN4/c15-13-8-12(10-4-2-1-3-5-10)18-14(19-13)11-6-7-16-9-17-11/h1-9H. The first-order valence-electron chi connectivity index (χ1n) is 5.69. The molecule has 0 aliphatic rings. The van der Waals surface area contributed by atoms with Crippen molar-refractivity contribution in [2.24, 2.45) is 0 Å². The Morgan fingerprint density at radius 3 is 2.47 bits per heavy atom. The van der Waals surface area contributed by atoms with Crippen molar-refractivity contribution in [3.05, 3.63) is 60.1 Å². The first-order valence-corrected chi connectivity index (χ1v) is 6.07. The fourth-order valence-electron chi connectivity index (χ4n) is 1.71. The first-order chi connectivity index (χ1) is 9.33. The maximum atomic E-state index is 6.06. The van der Waals surface area contributed by atoms with E-state index in [1.165, 1.54) is 6.33 Å². The third-order valence-corrected chi connectivity index (χ3v) is 2.77. The van der Waals surface area contributed by atoms with Crippen LogP contribution in [0.15, 0.2) is 55.0 Å². The van der Waals surface area contributed by atoms with E-state index in [2.05, 4.69) is 19.9 Å². The topological polar surface area (TPSA) is 51.6 Å². The molecule has 3 rings (SSSR count). The Morgan fingerprint density at radius 1 is 0.895 bits per heavy atom. The van der Waals surface area contributed by atoms with Crippen molar-refractivity contribution in [1.82, 2.24) is 19.9 Å². The van der Waals surface area contributed by atoms with Gasteiger partial charge in [-0.15, -0.1) is 0 Å². The minimum absolute atomic E-state index is 0.391. The monoisotopic (exact) mass is 268 g/mol. The largest absolute Gasteiger partial charge is 0.245 e. The summed E-state index contributed by atoms with van der Waals surface area (Å²) in [5.41, 5.74) is 2.41. The van der Waals surface area contributed by atoms with Gasteiger partial charge in [0.05, 0.1) is 5.69 Å². The second kappa shape index (κ2) is 5.12. The molecule has 0 atom stereocenters. The molecule has 0 spiro atoms. The van der Waals surface area contributed by atoms with Gasteiger partial charge in [-0.05, 0) is 6.07 Å². The Morgan fingerprint density at radius 2 is 1.74 bits per heavy atom. The fourth-order valence-corrected chi connectivity index (χ4v) is 1.90. The summed E-state index contributed by atoms with van der Waals surface area (Å²) < 4.78 is 0. The van der Waals surface area contributed by atoms with Crippen LogP contribution in [0.1, 0.15) is 0 Å². The molecule has 3 aromatic rings. The van der Waals surface area contributed by atoms with Gasteiger partial charge in [0.1, 0.15) is 17.2 Å². The summed E-state index contributed by atoms with van der Waals surface area (Å²) in [6.45, 7) is 0. The molecule has 0 unspecified atom stereocenters. The summed E-state index contributed by atoms with van der Waals surface area (Å²) in [7, 11) is 0. The van der Waals surface area contributed by atoms with Gasteiger partial charge in [-0.1, -0.05) is 41.9 Å². The van der Waals surface area contributed by atoms with Crippen LogP contribution in [0, 0.1) is 0 Å². The zero-order valence-electron chi connectivity index (χ0n) is 9.86. The van der Waals surface area contributed by atoms with Crippen LogP contribution in [0.5, 0.6) is 0 Å². The van der Waals surface area contributed by atoms with Crippen LogP contribution in [-0.4, -0.2) is 19.9 Å². The van der Waals surface area contributed by atoms with Crippen LogP contribution in [0.25, 0.3) is 22.8 Å². The van der Waals surface area contributed by atoms with E-state index in [9.17, 15) is 0 Å². The van der Waals surface area contributed by atoms with Gasteiger partial charge in [0.15, 0.2) is 5.82 Å². The third kappa shape index (κ3) is 2.58. The Balaban J connectivity index is 2.12. The van der Waals surface area contributed by atoms with E-state index in [1.54, 1.807) is 18.3 Å². The van der Waals surface area contributed by atoms with Gasteiger partial charge in [-0.2, -0.15) is 0 Å². The number of aromatic nitrogens is 4. The molecule has 2 aromatic heterocycles. The van der Waals surface area contributed by atoms with E-state index >= 15 is 0 Å². The number of hydrogen-bond donors (Lipinski definition) is 0.